The zero-order valence-corrected chi connectivity index (χ0v) is 17.6. The molecule has 0 bridgehead atoms. The molecule has 1 heterocycles. The van der Waals surface area contributed by atoms with E-state index in [4.69, 9.17) is 4.74 Å². The number of hydrogen-bond donors (Lipinski definition) is 1. The van der Waals surface area contributed by atoms with E-state index in [9.17, 15) is 13.2 Å². The lowest BCUT2D eigenvalue weighted by atomic mass is 10.1. The number of benzene rings is 2. The van der Waals surface area contributed by atoms with E-state index in [1.54, 1.807) is 36.7 Å². The van der Waals surface area contributed by atoms with Gasteiger partial charge in [-0.1, -0.05) is 42.5 Å². The Morgan fingerprint density at radius 3 is 2.67 bits per heavy atom. The molecule has 0 aliphatic heterocycles. The summed E-state index contributed by atoms with van der Waals surface area (Å²) in [5.74, 6) is -0.354. The zero-order chi connectivity index (χ0) is 21.4. The second kappa shape index (κ2) is 10.3. The molecule has 7 nitrogen and oxygen atoms in total. The number of nitrogens with one attached hydrogen (secondary N) is 1. The lowest BCUT2D eigenvalue weighted by Gasteiger charge is -2.22. The number of sulfonamides is 1. The van der Waals surface area contributed by atoms with Gasteiger partial charge in [-0.3, -0.25) is 9.78 Å². The van der Waals surface area contributed by atoms with Crippen molar-refractivity contribution in [2.45, 2.75) is 11.3 Å². The minimum Gasteiger partial charge on any atom is -0.383 e. The van der Waals surface area contributed by atoms with Crippen LogP contribution in [0.4, 0.5) is 0 Å². The van der Waals surface area contributed by atoms with Crippen molar-refractivity contribution in [2.24, 2.45) is 0 Å². The van der Waals surface area contributed by atoms with Crippen LogP contribution in [-0.2, 0) is 26.0 Å². The molecule has 0 aliphatic rings. The molecule has 0 unspecified atom stereocenters. The highest BCUT2D eigenvalue weighted by Gasteiger charge is 2.28. The van der Waals surface area contributed by atoms with Gasteiger partial charge in [0.05, 0.1) is 18.0 Å². The van der Waals surface area contributed by atoms with E-state index in [2.05, 4.69) is 10.3 Å². The van der Waals surface area contributed by atoms with E-state index in [1.165, 1.54) is 7.11 Å². The summed E-state index contributed by atoms with van der Waals surface area (Å²) >= 11 is 0. The number of carbonyl (C=O) groups is 1. The molecule has 158 valence electrons. The molecule has 1 amide bonds. The van der Waals surface area contributed by atoms with Crippen LogP contribution in [0, 0.1) is 0 Å². The molecule has 0 atom stereocenters. The molecule has 0 aliphatic carbocycles. The second-order valence-corrected chi connectivity index (χ2v) is 8.68. The number of carbonyl (C=O) groups excluding carboxylic acids is 1. The van der Waals surface area contributed by atoms with Crippen molar-refractivity contribution in [1.82, 2.24) is 14.6 Å². The van der Waals surface area contributed by atoms with E-state index < -0.39 is 10.0 Å². The van der Waals surface area contributed by atoms with Crippen LogP contribution in [0.15, 0.2) is 71.9 Å². The van der Waals surface area contributed by atoms with Crippen LogP contribution in [0.1, 0.15) is 5.56 Å². The third kappa shape index (κ3) is 5.41. The van der Waals surface area contributed by atoms with Gasteiger partial charge in [0.2, 0.25) is 15.9 Å². The predicted octanol–water partition coefficient (Wildman–Crippen LogP) is 2.23. The van der Waals surface area contributed by atoms with Crippen LogP contribution in [0.5, 0.6) is 0 Å². The number of amides is 1. The van der Waals surface area contributed by atoms with Crippen molar-refractivity contribution in [3.8, 4) is 0 Å². The fourth-order valence-corrected chi connectivity index (χ4v) is 4.74. The Balaban J connectivity index is 1.74. The molecule has 30 heavy (non-hydrogen) atoms. The number of rotatable bonds is 10. The maximum atomic E-state index is 13.4. The van der Waals surface area contributed by atoms with Crippen molar-refractivity contribution in [2.75, 3.05) is 33.4 Å². The molecule has 0 saturated carbocycles. The van der Waals surface area contributed by atoms with Gasteiger partial charge in [-0.05, 0) is 24.1 Å². The Hall–Kier alpha value is -2.81. The number of hydrogen-bond acceptors (Lipinski definition) is 5. The quantitative estimate of drug-likeness (QED) is 0.536. The normalized spacial score (nSPS) is 11.7. The van der Waals surface area contributed by atoms with Crippen LogP contribution >= 0.6 is 0 Å². The molecule has 3 rings (SSSR count). The molecule has 2 aromatic carbocycles. The molecule has 3 aromatic rings. The largest absolute Gasteiger partial charge is 0.383 e. The van der Waals surface area contributed by atoms with Crippen molar-refractivity contribution in [3.05, 3.63) is 72.6 Å². The number of methoxy groups -OCH3 is 1. The van der Waals surface area contributed by atoms with Crippen molar-refractivity contribution in [3.63, 3.8) is 0 Å². The third-order valence-electron chi connectivity index (χ3n) is 4.70. The number of aromatic nitrogens is 1. The van der Waals surface area contributed by atoms with E-state index in [1.807, 2.05) is 30.3 Å². The van der Waals surface area contributed by atoms with Gasteiger partial charge in [0.25, 0.3) is 0 Å². The van der Waals surface area contributed by atoms with E-state index in [0.29, 0.717) is 18.4 Å². The van der Waals surface area contributed by atoms with E-state index in [0.717, 1.165) is 15.3 Å². The fraction of sp³-hybridized carbons (Fsp3) is 0.273. The maximum absolute atomic E-state index is 13.4. The first-order valence-electron chi connectivity index (χ1n) is 9.65. The summed E-state index contributed by atoms with van der Waals surface area (Å²) in [6.45, 7) is 0.415. The Bertz CT molecular complexity index is 1080. The average Bonchev–Trinajstić information content (AvgIpc) is 2.76. The van der Waals surface area contributed by atoms with Gasteiger partial charge < -0.3 is 10.1 Å². The SMILES string of the molecule is COCCN(CC(=O)NCCc1ccccc1)S(=O)(=O)c1cccc2cnccc12. The summed E-state index contributed by atoms with van der Waals surface area (Å²) in [4.78, 5) is 16.7. The number of ether oxygens (including phenoxy) is 1. The van der Waals surface area contributed by atoms with E-state index >= 15 is 0 Å². The molecular weight excluding hydrogens is 402 g/mol. The highest BCUT2D eigenvalue weighted by molar-refractivity contribution is 7.89. The van der Waals surface area contributed by atoms with Crippen LogP contribution in [0.2, 0.25) is 0 Å². The Labute approximate surface area is 176 Å². The van der Waals surface area contributed by atoms with Crippen molar-refractivity contribution >= 4 is 26.7 Å². The number of fused-ring (bicyclic) bond motifs is 1. The van der Waals surface area contributed by atoms with Gasteiger partial charge in [-0.25, -0.2) is 8.42 Å². The number of pyridine rings is 1. The first-order chi connectivity index (χ1) is 14.5. The van der Waals surface area contributed by atoms with Crippen LogP contribution in [-0.4, -0.2) is 57.0 Å². The van der Waals surface area contributed by atoms with Crippen LogP contribution in [0.25, 0.3) is 10.8 Å². The Morgan fingerprint density at radius 2 is 1.90 bits per heavy atom. The zero-order valence-electron chi connectivity index (χ0n) is 16.8. The summed E-state index contributed by atoms with van der Waals surface area (Å²) < 4.78 is 32.9. The molecule has 0 spiro atoms. The Kier molecular flexibility index (Phi) is 7.51. The first-order valence-corrected chi connectivity index (χ1v) is 11.1. The minimum absolute atomic E-state index is 0.0758. The highest BCUT2D eigenvalue weighted by atomic mass is 32.2. The number of nitrogens with zero attached hydrogens (tertiary/aromatic N) is 2. The van der Waals surface area contributed by atoms with Gasteiger partial charge in [0, 0.05) is 43.4 Å². The lowest BCUT2D eigenvalue weighted by molar-refractivity contribution is -0.121. The van der Waals surface area contributed by atoms with Gasteiger partial charge in [-0.15, -0.1) is 0 Å². The highest BCUT2D eigenvalue weighted by Crippen LogP contribution is 2.25. The van der Waals surface area contributed by atoms with E-state index in [-0.39, 0.29) is 30.5 Å². The monoisotopic (exact) mass is 427 g/mol. The molecule has 1 N–H and O–H groups in total. The molecular formula is C22H25N3O4S. The Morgan fingerprint density at radius 1 is 1.10 bits per heavy atom. The summed E-state index contributed by atoms with van der Waals surface area (Å²) in [5, 5.41) is 4.09. The predicted molar refractivity (Wildman–Crippen MR) is 116 cm³/mol. The molecule has 0 saturated heterocycles. The molecule has 0 radical (unpaired) electrons. The fourth-order valence-electron chi connectivity index (χ4n) is 3.14. The summed E-state index contributed by atoms with van der Waals surface area (Å²) in [7, 11) is -2.41. The minimum atomic E-state index is -3.91. The average molecular weight is 428 g/mol. The summed E-state index contributed by atoms with van der Waals surface area (Å²) in [6, 6.07) is 16.5. The van der Waals surface area contributed by atoms with Crippen molar-refractivity contribution in [1.29, 1.82) is 0 Å². The summed E-state index contributed by atoms with van der Waals surface area (Å²) in [5.41, 5.74) is 1.10. The maximum Gasteiger partial charge on any atom is 0.244 e. The van der Waals surface area contributed by atoms with Gasteiger partial charge in [0.1, 0.15) is 0 Å². The lowest BCUT2D eigenvalue weighted by Crippen LogP contribution is -2.42. The van der Waals surface area contributed by atoms with Crippen LogP contribution < -0.4 is 5.32 Å². The third-order valence-corrected chi connectivity index (χ3v) is 6.61. The van der Waals surface area contributed by atoms with Gasteiger partial charge in [-0.2, -0.15) is 4.31 Å². The van der Waals surface area contributed by atoms with Gasteiger partial charge >= 0.3 is 0 Å². The van der Waals surface area contributed by atoms with Gasteiger partial charge in [0.15, 0.2) is 0 Å². The molecule has 1 aromatic heterocycles. The molecule has 0 fully saturated rings. The molecule has 8 heteroatoms. The van der Waals surface area contributed by atoms with Crippen molar-refractivity contribution < 1.29 is 17.9 Å². The first kappa shape index (κ1) is 21.9. The van der Waals surface area contributed by atoms with Crippen LogP contribution in [0.3, 0.4) is 0 Å². The standard InChI is InChI=1S/C22H25N3O4S/c1-29-15-14-25(17-22(26)24-13-10-18-6-3-2-4-7-18)30(27,28)21-9-5-8-19-16-23-12-11-20(19)21/h2-9,11-12,16H,10,13-15,17H2,1H3,(H,24,26). The second-order valence-electron chi connectivity index (χ2n) is 6.77. The summed E-state index contributed by atoms with van der Waals surface area (Å²) in [6.07, 6.45) is 3.84. The topological polar surface area (TPSA) is 88.6 Å². The smallest absolute Gasteiger partial charge is 0.244 e.